The first-order chi connectivity index (χ1) is 13.3. The number of guanidine groups is 1. The van der Waals surface area contributed by atoms with Crippen LogP contribution in [0.2, 0.25) is 0 Å². The first-order valence-electron chi connectivity index (χ1n) is 9.61. The Morgan fingerprint density at radius 3 is 2.62 bits per heavy atom. The van der Waals surface area contributed by atoms with Crippen LogP contribution in [0.5, 0.6) is 0 Å². The molecule has 1 heterocycles. The van der Waals surface area contributed by atoms with Gasteiger partial charge in [-0.15, -0.1) is 35.3 Å². The van der Waals surface area contributed by atoms with Gasteiger partial charge < -0.3 is 16.0 Å². The maximum Gasteiger partial charge on any atom is 0.251 e. The molecule has 0 atom stereocenters. The van der Waals surface area contributed by atoms with Crippen molar-refractivity contribution in [3.05, 3.63) is 51.5 Å². The minimum Gasteiger partial charge on any atom is -0.357 e. The molecule has 29 heavy (non-hydrogen) atoms. The molecule has 1 amide bonds. The number of benzene rings is 1. The normalized spacial score (nSPS) is 11.6. The van der Waals surface area contributed by atoms with Crippen LogP contribution in [0, 0.1) is 0 Å². The van der Waals surface area contributed by atoms with Crippen molar-refractivity contribution in [2.24, 2.45) is 4.99 Å². The van der Waals surface area contributed by atoms with E-state index in [9.17, 15) is 4.79 Å². The molecule has 0 radical (unpaired) electrons. The molecule has 6 nitrogen and oxygen atoms in total. The van der Waals surface area contributed by atoms with Crippen LogP contribution in [-0.4, -0.2) is 37.0 Å². The molecule has 0 aliphatic rings. The van der Waals surface area contributed by atoms with Crippen LogP contribution in [0.25, 0.3) is 0 Å². The molecule has 0 saturated carbocycles. The second kappa shape index (κ2) is 12.1. The summed E-state index contributed by atoms with van der Waals surface area (Å²) in [5, 5.41) is 12.5. The van der Waals surface area contributed by atoms with Crippen LogP contribution < -0.4 is 16.0 Å². The zero-order valence-corrected chi connectivity index (χ0v) is 21.0. The first-order valence-corrected chi connectivity index (χ1v) is 10.5. The average molecular weight is 529 g/mol. The number of rotatable bonds is 7. The molecular weight excluding hydrogens is 497 g/mol. The highest BCUT2D eigenvalue weighted by atomic mass is 127. The van der Waals surface area contributed by atoms with Gasteiger partial charge in [0.15, 0.2) is 5.96 Å². The highest BCUT2D eigenvalue weighted by molar-refractivity contribution is 14.0. The molecule has 0 aliphatic heterocycles. The van der Waals surface area contributed by atoms with E-state index in [0.717, 1.165) is 41.7 Å². The van der Waals surface area contributed by atoms with Gasteiger partial charge in [-0.3, -0.25) is 4.79 Å². The van der Waals surface area contributed by atoms with Crippen LogP contribution in [0.3, 0.4) is 0 Å². The molecule has 160 valence electrons. The molecular formula is C21H32IN5OS. The van der Waals surface area contributed by atoms with Gasteiger partial charge in [0.1, 0.15) is 0 Å². The number of nitrogens with zero attached hydrogens (tertiary/aromatic N) is 2. The largest absolute Gasteiger partial charge is 0.357 e. The Labute approximate surface area is 195 Å². The van der Waals surface area contributed by atoms with Crippen molar-refractivity contribution in [2.75, 3.05) is 20.1 Å². The summed E-state index contributed by atoms with van der Waals surface area (Å²) >= 11 is 1.69. The summed E-state index contributed by atoms with van der Waals surface area (Å²) in [5.41, 5.74) is 2.85. The average Bonchev–Trinajstić information content (AvgIpc) is 3.15. The van der Waals surface area contributed by atoms with Gasteiger partial charge in [0.05, 0.1) is 17.2 Å². The quantitative estimate of drug-likeness (QED) is 0.290. The van der Waals surface area contributed by atoms with E-state index >= 15 is 0 Å². The van der Waals surface area contributed by atoms with E-state index in [0.29, 0.717) is 12.1 Å². The number of nitrogens with one attached hydrogen (secondary N) is 3. The van der Waals surface area contributed by atoms with Crippen molar-refractivity contribution in [3.63, 3.8) is 0 Å². The van der Waals surface area contributed by atoms with E-state index in [1.165, 1.54) is 0 Å². The van der Waals surface area contributed by atoms with E-state index in [4.69, 9.17) is 4.98 Å². The molecule has 0 unspecified atom stereocenters. The lowest BCUT2D eigenvalue weighted by atomic mass is 9.98. The number of hydrogen-bond acceptors (Lipinski definition) is 4. The van der Waals surface area contributed by atoms with Crippen molar-refractivity contribution in [2.45, 2.75) is 46.1 Å². The zero-order valence-electron chi connectivity index (χ0n) is 17.8. The monoisotopic (exact) mass is 529 g/mol. The fourth-order valence-electron chi connectivity index (χ4n) is 2.56. The zero-order chi connectivity index (χ0) is 20.6. The summed E-state index contributed by atoms with van der Waals surface area (Å²) in [5.74, 6) is 0.706. The molecule has 3 N–H and O–H groups in total. The van der Waals surface area contributed by atoms with Gasteiger partial charge in [-0.2, -0.15) is 0 Å². The maximum absolute atomic E-state index is 11.8. The number of carbonyl (C=O) groups is 1. The first kappa shape index (κ1) is 25.4. The lowest BCUT2D eigenvalue weighted by Crippen LogP contribution is -2.38. The molecule has 0 spiro atoms. The van der Waals surface area contributed by atoms with Gasteiger partial charge >= 0.3 is 0 Å². The number of amides is 1. The molecule has 0 bridgehead atoms. The lowest BCUT2D eigenvalue weighted by molar-refractivity contribution is 0.0963. The van der Waals surface area contributed by atoms with Crippen LogP contribution in [0.1, 0.15) is 54.3 Å². The predicted molar refractivity (Wildman–Crippen MR) is 133 cm³/mol. The van der Waals surface area contributed by atoms with Gasteiger partial charge in [-0.05, 0) is 31.0 Å². The van der Waals surface area contributed by atoms with Crippen molar-refractivity contribution >= 4 is 47.2 Å². The molecule has 2 rings (SSSR count). The van der Waals surface area contributed by atoms with Gasteiger partial charge in [-0.1, -0.05) is 32.9 Å². The van der Waals surface area contributed by atoms with Gasteiger partial charge in [0, 0.05) is 36.5 Å². The van der Waals surface area contributed by atoms with Crippen LogP contribution in [-0.2, 0) is 18.4 Å². The maximum atomic E-state index is 11.8. The summed E-state index contributed by atoms with van der Waals surface area (Å²) in [4.78, 5) is 21.1. The molecule has 0 fully saturated rings. The Bertz CT molecular complexity index is 813. The van der Waals surface area contributed by atoms with E-state index in [-0.39, 0.29) is 35.3 Å². The highest BCUT2D eigenvalue weighted by Crippen LogP contribution is 2.25. The smallest absolute Gasteiger partial charge is 0.251 e. The van der Waals surface area contributed by atoms with Crippen LogP contribution >= 0.6 is 35.3 Å². The summed E-state index contributed by atoms with van der Waals surface area (Å²) in [6, 6.07) is 7.69. The fourth-order valence-corrected chi connectivity index (χ4v) is 3.46. The Morgan fingerprint density at radius 2 is 2.00 bits per heavy atom. The summed E-state index contributed by atoms with van der Waals surface area (Å²) in [6.45, 7) is 10.6. The number of carbonyl (C=O) groups excluding carboxylic acids is 1. The molecule has 0 saturated heterocycles. The second-order valence-electron chi connectivity index (χ2n) is 7.55. The van der Waals surface area contributed by atoms with E-state index < -0.39 is 0 Å². The van der Waals surface area contributed by atoms with E-state index in [1.54, 1.807) is 18.4 Å². The highest BCUT2D eigenvalue weighted by Gasteiger charge is 2.17. The van der Waals surface area contributed by atoms with E-state index in [2.05, 4.69) is 47.1 Å². The molecule has 1 aromatic carbocycles. The van der Waals surface area contributed by atoms with Crippen LogP contribution in [0.4, 0.5) is 0 Å². The molecule has 2 aromatic rings. The standard InChI is InChI=1S/C21H31N5OS.HI/c1-6-23-20(25-13-17-14-28-19(26-17)21(2,3)4)24-11-10-15-8-7-9-16(12-15)18(27)22-5;/h7-9,12,14H,6,10-11,13H2,1-5H3,(H,22,27)(H2,23,24,25);1H. The summed E-state index contributed by atoms with van der Waals surface area (Å²) in [7, 11) is 1.64. The number of aliphatic imine (C=N–C) groups is 1. The van der Waals surface area contributed by atoms with Crippen LogP contribution in [0.15, 0.2) is 34.6 Å². The number of aromatic nitrogens is 1. The van der Waals surface area contributed by atoms with Gasteiger partial charge in [0.2, 0.25) is 0 Å². The lowest BCUT2D eigenvalue weighted by Gasteiger charge is -2.13. The Kier molecular flexibility index (Phi) is 10.6. The number of halogens is 1. The molecule has 1 aromatic heterocycles. The van der Waals surface area contributed by atoms with Gasteiger partial charge in [-0.25, -0.2) is 9.98 Å². The number of thiazole rings is 1. The summed E-state index contributed by atoms with van der Waals surface area (Å²) < 4.78 is 0. The van der Waals surface area contributed by atoms with Crippen molar-refractivity contribution in [3.8, 4) is 0 Å². The topological polar surface area (TPSA) is 78.4 Å². The van der Waals surface area contributed by atoms with Crippen molar-refractivity contribution < 1.29 is 4.79 Å². The predicted octanol–water partition coefficient (Wildman–Crippen LogP) is 3.72. The minimum atomic E-state index is -0.0670. The SMILES string of the molecule is CCNC(=NCc1csc(C(C)(C)C)n1)NCCc1cccc(C(=O)NC)c1.I. The minimum absolute atomic E-state index is 0. The second-order valence-corrected chi connectivity index (χ2v) is 8.40. The third kappa shape index (κ3) is 8.30. The number of hydrogen-bond donors (Lipinski definition) is 3. The van der Waals surface area contributed by atoms with Gasteiger partial charge in [0.25, 0.3) is 5.91 Å². The Hall–Kier alpha value is -1.68. The summed E-state index contributed by atoms with van der Waals surface area (Å²) in [6.07, 6.45) is 0.806. The molecule has 0 aliphatic carbocycles. The fraction of sp³-hybridized carbons (Fsp3) is 0.476. The Balaban J connectivity index is 0.00000420. The van der Waals surface area contributed by atoms with E-state index in [1.807, 2.05) is 31.2 Å². The van der Waals surface area contributed by atoms with Crippen molar-refractivity contribution in [1.29, 1.82) is 0 Å². The third-order valence-corrected chi connectivity index (χ3v) is 5.38. The Morgan fingerprint density at radius 1 is 1.24 bits per heavy atom. The van der Waals surface area contributed by atoms with Crippen molar-refractivity contribution in [1.82, 2.24) is 20.9 Å². The third-order valence-electron chi connectivity index (χ3n) is 4.06. The molecule has 8 heteroatoms.